The second kappa shape index (κ2) is 6.20. The smallest absolute Gasteiger partial charge is 0.225 e. The molecule has 0 heterocycles. The van der Waals surface area contributed by atoms with E-state index in [0.717, 1.165) is 38.6 Å². The second-order valence-electron chi connectivity index (χ2n) is 6.92. The molecular weight excluding hydrogens is 264 g/mol. The number of rotatable bonds is 6. The highest BCUT2D eigenvalue weighted by atomic mass is 16.2. The summed E-state index contributed by atoms with van der Waals surface area (Å²) >= 11 is 0. The summed E-state index contributed by atoms with van der Waals surface area (Å²) in [6.45, 7) is 1.42. The number of allylic oxidation sites excluding steroid dienone is 2. The molecule has 2 amide bonds. The van der Waals surface area contributed by atoms with Gasteiger partial charge in [-0.25, -0.2) is 0 Å². The first kappa shape index (κ1) is 14.6. The summed E-state index contributed by atoms with van der Waals surface area (Å²) in [6, 6.07) is 0. The quantitative estimate of drug-likeness (QED) is 0.600. The van der Waals surface area contributed by atoms with Gasteiger partial charge in [-0.3, -0.25) is 9.59 Å². The van der Waals surface area contributed by atoms with Crippen molar-refractivity contribution in [3.05, 3.63) is 12.2 Å². The molecule has 2 saturated carbocycles. The number of hydrogen-bond acceptors (Lipinski definition) is 2. The maximum Gasteiger partial charge on any atom is 0.225 e. The number of carbonyl (C=O) groups is 2. The van der Waals surface area contributed by atoms with Gasteiger partial charge in [0.2, 0.25) is 11.8 Å². The van der Waals surface area contributed by atoms with E-state index < -0.39 is 0 Å². The molecule has 1 N–H and O–H groups in total. The van der Waals surface area contributed by atoms with Crippen molar-refractivity contribution in [2.45, 2.75) is 38.5 Å². The zero-order chi connectivity index (χ0) is 14.8. The van der Waals surface area contributed by atoms with E-state index in [4.69, 9.17) is 0 Å². The maximum absolute atomic E-state index is 12.2. The van der Waals surface area contributed by atoms with Crippen LogP contribution in [0.1, 0.15) is 38.5 Å². The van der Waals surface area contributed by atoms with Crippen molar-refractivity contribution >= 4 is 11.8 Å². The van der Waals surface area contributed by atoms with E-state index in [1.165, 1.54) is 6.42 Å². The molecule has 3 atom stereocenters. The second-order valence-corrected chi connectivity index (χ2v) is 6.92. The Morgan fingerprint density at radius 2 is 2.05 bits per heavy atom. The molecule has 2 bridgehead atoms. The van der Waals surface area contributed by atoms with Crippen molar-refractivity contribution in [1.82, 2.24) is 10.2 Å². The fourth-order valence-corrected chi connectivity index (χ4v) is 3.82. The first-order chi connectivity index (χ1) is 10.1. The predicted molar refractivity (Wildman–Crippen MR) is 81.4 cm³/mol. The van der Waals surface area contributed by atoms with E-state index in [-0.39, 0.29) is 23.7 Å². The number of nitrogens with zero attached hydrogens (tertiary/aromatic N) is 1. The third-order valence-electron chi connectivity index (χ3n) is 5.42. The minimum absolute atomic E-state index is 0.189. The summed E-state index contributed by atoms with van der Waals surface area (Å²) in [5.41, 5.74) is 0. The summed E-state index contributed by atoms with van der Waals surface area (Å²) in [6.07, 6.45) is 10.8. The monoisotopic (exact) mass is 290 g/mol. The van der Waals surface area contributed by atoms with Crippen molar-refractivity contribution in [1.29, 1.82) is 0 Å². The van der Waals surface area contributed by atoms with Crippen LogP contribution in [0.3, 0.4) is 0 Å². The molecule has 0 aromatic carbocycles. The molecule has 116 valence electrons. The lowest BCUT2D eigenvalue weighted by molar-refractivity contribution is -0.136. The van der Waals surface area contributed by atoms with Gasteiger partial charge in [0, 0.05) is 32.0 Å². The van der Waals surface area contributed by atoms with Crippen LogP contribution in [-0.2, 0) is 9.59 Å². The number of carbonyl (C=O) groups excluding carboxylic acids is 2. The van der Waals surface area contributed by atoms with Crippen LogP contribution in [-0.4, -0.2) is 36.9 Å². The lowest BCUT2D eigenvalue weighted by Crippen LogP contribution is -2.38. The van der Waals surface area contributed by atoms with Crippen LogP contribution in [0.2, 0.25) is 0 Å². The van der Waals surface area contributed by atoms with E-state index in [1.807, 2.05) is 11.9 Å². The number of fused-ring (bicyclic) bond motifs is 2. The fraction of sp³-hybridized carbons (Fsp3) is 0.765. The van der Waals surface area contributed by atoms with Crippen LogP contribution in [0.5, 0.6) is 0 Å². The van der Waals surface area contributed by atoms with Gasteiger partial charge < -0.3 is 10.2 Å². The molecule has 0 aromatic heterocycles. The van der Waals surface area contributed by atoms with Gasteiger partial charge in [-0.2, -0.15) is 0 Å². The van der Waals surface area contributed by atoms with Crippen molar-refractivity contribution in [2.24, 2.45) is 23.7 Å². The van der Waals surface area contributed by atoms with Gasteiger partial charge in [0.25, 0.3) is 0 Å². The van der Waals surface area contributed by atoms with Crippen molar-refractivity contribution < 1.29 is 9.59 Å². The minimum atomic E-state index is 0.189. The van der Waals surface area contributed by atoms with Gasteiger partial charge in [-0.05, 0) is 43.9 Å². The van der Waals surface area contributed by atoms with Crippen LogP contribution in [0, 0.1) is 23.7 Å². The van der Waals surface area contributed by atoms with E-state index in [9.17, 15) is 9.59 Å². The SMILES string of the molecule is CN(CCCNC(=O)[C@@H]1C[C@H]2C=C[C@@H]1C2)C(=O)C1CCC1. The number of nitrogens with one attached hydrogen (secondary N) is 1. The average molecular weight is 290 g/mol. The molecule has 0 saturated heterocycles. The Bertz CT molecular complexity index is 442. The minimum Gasteiger partial charge on any atom is -0.356 e. The molecule has 21 heavy (non-hydrogen) atoms. The topological polar surface area (TPSA) is 49.4 Å². The molecule has 3 rings (SSSR count). The Morgan fingerprint density at radius 3 is 2.62 bits per heavy atom. The molecular formula is C17H26N2O2. The van der Waals surface area contributed by atoms with Crippen molar-refractivity contribution in [3.63, 3.8) is 0 Å². The van der Waals surface area contributed by atoms with Gasteiger partial charge in [-0.15, -0.1) is 0 Å². The number of hydrogen-bond donors (Lipinski definition) is 1. The highest BCUT2D eigenvalue weighted by Gasteiger charge is 2.39. The van der Waals surface area contributed by atoms with E-state index in [1.54, 1.807) is 0 Å². The van der Waals surface area contributed by atoms with Crippen LogP contribution in [0.25, 0.3) is 0 Å². The summed E-state index contributed by atoms with van der Waals surface area (Å²) in [5, 5.41) is 3.05. The van der Waals surface area contributed by atoms with Crippen molar-refractivity contribution in [2.75, 3.05) is 20.1 Å². The molecule has 4 nitrogen and oxygen atoms in total. The summed E-state index contributed by atoms with van der Waals surface area (Å²) < 4.78 is 0. The Balaban J connectivity index is 1.32. The largest absolute Gasteiger partial charge is 0.356 e. The Hall–Kier alpha value is -1.32. The predicted octanol–water partition coefficient (Wildman–Crippen LogP) is 1.96. The molecule has 3 aliphatic carbocycles. The van der Waals surface area contributed by atoms with Gasteiger partial charge in [0.1, 0.15) is 0 Å². The zero-order valence-corrected chi connectivity index (χ0v) is 12.9. The molecule has 2 fully saturated rings. The summed E-state index contributed by atoms with van der Waals surface area (Å²) in [7, 11) is 1.88. The van der Waals surface area contributed by atoms with Gasteiger partial charge in [0.05, 0.1) is 0 Å². The van der Waals surface area contributed by atoms with E-state index in [0.29, 0.717) is 18.4 Å². The van der Waals surface area contributed by atoms with E-state index >= 15 is 0 Å². The van der Waals surface area contributed by atoms with Gasteiger partial charge in [0.15, 0.2) is 0 Å². The van der Waals surface area contributed by atoms with Gasteiger partial charge >= 0.3 is 0 Å². The average Bonchev–Trinajstić information content (AvgIpc) is 3.03. The molecule has 0 aromatic rings. The van der Waals surface area contributed by atoms with Crippen LogP contribution >= 0.6 is 0 Å². The molecule has 3 aliphatic rings. The standard InChI is InChI=1S/C17H26N2O2/c1-19(17(21)13-4-2-5-13)9-3-8-18-16(20)15-11-12-6-7-14(15)10-12/h6-7,12-15H,2-5,8-11H2,1H3,(H,18,20)/t12-,14+,15+/m0/s1. The lowest BCUT2D eigenvalue weighted by atomic mass is 9.84. The fourth-order valence-electron chi connectivity index (χ4n) is 3.82. The first-order valence-electron chi connectivity index (χ1n) is 8.36. The summed E-state index contributed by atoms with van der Waals surface area (Å²) in [5.74, 6) is 2.06. The molecule has 0 radical (unpaired) electrons. The molecule has 0 spiro atoms. The highest BCUT2D eigenvalue weighted by Crippen LogP contribution is 2.43. The third kappa shape index (κ3) is 3.14. The lowest BCUT2D eigenvalue weighted by Gasteiger charge is -2.29. The third-order valence-corrected chi connectivity index (χ3v) is 5.42. The van der Waals surface area contributed by atoms with E-state index in [2.05, 4.69) is 17.5 Å². The maximum atomic E-state index is 12.2. The van der Waals surface area contributed by atoms with Crippen molar-refractivity contribution in [3.8, 4) is 0 Å². The molecule has 0 aliphatic heterocycles. The Morgan fingerprint density at radius 1 is 1.24 bits per heavy atom. The normalized spacial score (nSPS) is 30.2. The molecule has 4 heteroatoms. The highest BCUT2D eigenvalue weighted by molar-refractivity contribution is 5.80. The van der Waals surface area contributed by atoms with Crippen LogP contribution in [0.15, 0.2) is 12.2 Å². The Kier molecular flexibility index (Phi) is 4.32. The summed E-state index contributed by atoms with van der Waals surface area (Å²) in [4.78, 5) is 26.0. The molecule has 0 unspecified atom stereocenters. The first-order valence-corrected chi connectivity index (χ1v) is 8.36. The van der Waals surface area contributed by atoms with Gasteiger partial charge in [-0.1, -0.05) is 18.6 Å². The number of amides is 2. The zero-order valence-electron chi connectivity index (χ0n) is 12.9. The van der Waals surface area contributed by atoms with Crippen LogP contribution in [0.4, 0.5) is 0 Å². The van der Waals surface area contributed by atoms with Crippen LogP contribution < -0.4 is 5.32 Å². The Labute approximate surface area is 127 Å².